The first-order valence-electron chi connectivity index (χ1n) is 10.8. The van der Waals surface area contributed by atoms with Crippen molar-refractivity contribution in [2.45, 2.75) is 92.9 Å². The van der Waals surface area contributed by atoms with Crippen molar-refractivity contribution in [3.63, 3.8) is 0 Å². The SMILES string of the molecule is C=C(C)C(=O)OCC(CC)CCCC.C=C(C)C(=O)OCCCCCC(C)C. The summed E-state index contributed by atoms with van der Waals surface area (Å²) in [6.45, 7) is 20.2. The predicted molar refractivity (Wildman–Crippen MR) is 118 cm³/mol. The molecule has 0 aromatic rings. The zero-order chi connectivity index (χ0) is 21.9. The molecule has 0 fully saturated rings. The number of rotatable bonds is 14. The molecule has 0 aromatic heterocycles. The van der Waals surface area contributed by atoms with E-state index >= 15 is 0 Å². The van der Waals surface area contributed by atoms with E-state index in [1.807, 2.05) is 0 Å². The number of unbranched alkanes of at least 4 members (excludes halogenated alkanes) is 3. The highest BCUT2D eigenvalue weighted by molar-refractivity contribution is 5.87. The van der Waals surface area contributed by atoms with Crippen LogP contribution < -0.4 is 0 Å². The molecule has 1 atom stereocenters. The van der Waals surface area contributed by atoms with Gasteiger partial charge in [0.2, 0.25) is 0 Å². The average molecular weight is 397 g/mol. The number of hydrogen-bond acceptors (Lipinski definition) is 4. The lowest BCUT2D eigenvalue weighted by Crippen LogP contribution is -2.14. The van der Waals surface area contributed by atoms with E-state index in [0.29, 0.717) is 30.3 Å². The Hall–Kier alpha value is -1.58. The molecular weight excluding hydrogens is 352 g/mol. The van der Waals surface area contributed by atoms with Crippen molar-refractivity contribution in [2.24, 2.45) is 11.8 Å². The van der Waals surface area contributed by atoms with Gasteiger partial charge in [0.15, 0.2) is 0 Å². The van der Waals surface area contributed by atoms with Gasteiger partial charge in [0.05, 0.1) is 13.2 Å². The van der Waals surface area contributed by atoms with Crippen LogP contribution in [0.4, 0.5) is 0 Å². The van der Waals surface area contributed by atoms with Gasteiger partial charge in [0, 0.05) is 11.1 Å². The molecule has 0 heterocycles. The van der Waals surface area contributed by atoms with Gasteiger partial charge in [-0.25, -0.2) is 9.59 Å². The number of esters is 2. The molecule has 0 aliphatic heterocycles. The molecule has 0 N–H and O–H groups in total. The van der Waals surface area contributed by atoms with E-state index in [4.69, 9.17) is 9.47 Å². The van der Waals surface area contributed by atoms with E-state index in [9.17, 15) is 9.59 Å². The molecular formula is C24H44O4. The lowest BCUT2D eigenvalue weighted by Gasteiger charge is -2.14. The van der Waals surface area contributed by atoms with E-state index in [2.05, 4.69) is 40.9 Å². The van der Waals surface area contributed by atoms with Crippen LogP contribution in [0.1, 0.15) is 92.9 Å². The molecule has 0 amide bonds. The summed E-state index contributed by atoms with van der Waals surface area (Å²) in [7, 11) is 0. The molecule has 0 bridgehead atoms. The van der Waals surface area contributed by atoms with Crippen molar-refractivity contribution in [3.05, 3.63) is 24.3 Å². The van der Waals surface area contributed by atoms with Crippen LogP contribution >= 0.6 is 0 Å². The topological polar surface area (TPSA) is 52.6 Å². The van der Waals surface area contributed by atoms with Gasteiger partial charge in [-0.3, -0.25) is 0 Å². The summed E-state index contributed by atoms with van der Waals surface area (Å²) in [6.07, 6.45) is 9.22. The summed E-state index contributed by atoms with van der Waals surface area (Å²) in [5.74, 6) is 0.750. The quantitative estimate of drug-likeness (QED) is 0.187. The Morgan fingerprint density at radius 1 is 0.821 bits per heavy atom. The smallest absolute Gasteiger partial charge is 0.333 e. The van der Waals surface area contributed by atoms with Crippen molar-refractivity contribution in [1.82, 2.24) is 0 Å². The molecule has 0 saturated heterocycles. The summed E-state index contributed by atoms with van der Waals surface area (Å²) in [6, 6.07) is 0. The predicted octanol–water partition coefficient (Wildman–Crippen LogP) is 6.64. The maximum absolute atomic E-state index is 11.1. The van der Waals surface area contributed by atoms with E-state index in [1.165, 1.54) is 25.7 Å². The second kappa shape index (κ2) is 18.8. The van der Waals surface area contributed by atoms with Crippen LogP contribution in [-0.2, 0) is 19.1 Å². The molecule has 4 nitrogen and oxygen atoms in total. The van der Waals surface area contributed by atoms with Gasteiger partial charge >= 0.3 is 11.9 Å². The Balaban J connectivity index is 0. The van der Waals surface area contributed by atoms with Crippen LogP contribution in [0.2, 0.25) is 0 Å². The van der Waals surface area contributed by atoms with E-state index in [0.717, 1.165) is 31.6 Å². The molecule has 1 unspecified atom stereocenters. The third-order valence-corrected chi connectivity index (χ3v) is 4.35. The zero-order valence-corrected chi connectivity index (χ0v) is 19.3. The first-order valence-corrected chi connectivity index (χ1v) is 10.8. The number of hydrogen-bond donors (Lipinski definition) is 0. The van der Waals surface area contributed by atoms with E-state index < -0.39 is 0 Å². The molecule has 0 saturated carbocycles. The number of ether oxygens (including phenoxy) is 2. The number of carbonyl (C=O) groups excluding carboxylic acids is 2. The second-order valence-electron chi connectivity index (χ2n) is 7.95. The van der Waals surface area contributed by atoms with Crippen molar-refractivity contribution in [3.8, 4) is 0 Å². The van der Waals surface area contributed by atoms with Gasteiger partial charge in [-0.15, -0.1) is 0 Å². The van der Waals surface area contributed by atoms with Crippen molar-refractivity contribution >= 4 is 11.9 Å². The Bertz CT molecular complexity index is 452. The minimum absolute atomic E-state index is 0.264. The Kier molecular flexibility index (Phi) is 19.2. The summed E-state index contributed by atoms with van der Waals surface area (Å²) in [4.78, 5) is 22.1. The van der Waals surface area contributed by atoms with E-state index in [-0.39, 0.29) is 11.9 Å². The molecule has 0 aliphatic rings. The maximum Gasteiger partial charge on any atom is 0.333 e. The monoisotopic (exact) mass is 396 g/mol. The highest BCUT2D eigenvalue weighted by atomic mass is 16.5. The maximum atomic E-state index is 11.1. The van der Waals surface area contributed by atoms with Gasteiger partial charge in [-0.1, -0.05) is 79.4 Å². The summed E-state index contributed by atoms with van der Waals surface area (Å²) in [5.41, 5.74) is 0.961. The van der Waals surface area contributed by atoms with Crippen LogP contribution in [0, 0.1) is 11.8 Å². The molecule has 0 spiro atoms. The van der Waals surface area contributed by atoms with Gasteiger partial charge in [-0.2, -0.15) is 0 Å². The van der Waals surface area contributed by atoms with Crippen LogP contribution in [0.25, 0.3) is 0 Å². The molecule has 0 radical (unpaired) electrons. The molecule has 28 heavy (non-hydrogen) atoms. The minimum atomic E-state index is -0.270. The zero-order valence-electron chi connectivity index (χ0n) is 19.3. The fourth-order valence-electron chi connectivity index (χ4n) is 2.33. The second-order valence-corrected chi connectivity index (χ2v) is 7.95. The molecule has 0 aliphatic carbocycles. The summed E-state index contributed by atoms with van der Waals surface area (Å²) in [5, 5.41) is 0. The lowest BCUT2D eigenvalue weighted by molar-refractivity contribution is -0.140. The highest BCUT2D eigenvalue weighted by Crippen LogP contribution is 2.13. The Morgan fingerprint density at radius 3 is 1.86 bits per heavy atom. The van der Waals surface area contributed by atoms with E-state index in [1.54, 1.807) is 13.8 Å². The van der Waals surface area contributed by atoms with Gasteiger partial charge in [0.1, 0.15) is 0 Å². The fourth-order valence-corrected chi connectivity index (χ4v) is 2.33. The summed E-state index contributed by atoms with van der Waals surface area (Å²) < 4.78 is 10.1. The third-order valence-electron chi connectivity index (χ3n) is 4.35. The van der Waals surface area contributed by atoms with Crippen LogP contribution in [0.3, 0.4) is 0 Å². The highest BCUT2D eigenvalue weighted by Gasteiger charge is 2.09. The largest absolute Gasteiger partial charge is 0.462 e. The summed E-state index contributed by atoms with van der Waals surface area (Å²) >= 11 is 0. The first-order chi connectivity index (χ1) is 13.1. The Labute approximate surface area is 173 Å². The molecule has 0 aromatic carbocycles. The fraction of sp³-hybridized carbons (Fsp3) is 0.750. The Morgan fingerprint density at radius 2 is 1.39 bits per heavy atom. The van der Waals surface area contributed by atoms with Crippen molar-refractivity contribution < 1.29 is 19.1 Å². The first kappa shape index (κ1) is 28.6. The van der Waals surface area contributed by atoms with Crippen LogP contribution in [0.15, 0.2) is 24.3 Å². The standard InChI is InChI=1S/2C12H22O2/c1-10(2)8-6-5-7-9-14-12(13)11(3)4;1-5-7-8-11(6-2)9-14-12(13)10(3)4/h10H,3,5-9H2,1-2,4H3;11H,3,5-9H2,1-2,4H3. The van der Waals surface area contributed by atoms with Crippen molar-refractivity contribution in [2.75, 3.05) is 13.2 Å². The van der Waals surface area contributed by atoms with Crippen molar-refractivity contribution in [1.29, 1.82) is 0 Å². The van der Waals surface area contributed by atoms with Gasteiger partial charge in [0.25, 0.3) is 0 Å². The third kappa shape index (κ3) is 19.2. The minimum Gasteiger partial charge on any atom is -0.462 e. The van der Waals surface area contributed by atoms with Crippen LogP contribution in [-0.4, -0.2) is 25.2 Å². The average Bonchev–Trinajstić information content (AvgIpc) is 2.64. The number of carbonyl (C=O) groups is 2. The van der Waals surface area contributed by atoms with Crippen LogP contribution in [0.5, 0.6) is 0 Å². The lowest BCUT2D eigenvalue weighted by atomic mass is 10.0. The molecule has 0 rings (SSSR count). The van der Waals surface area contributed by atoms with Gasteiger partial charge < -0.3 is 9.47 Å². The normalized spacial score (nSPS) is 11.2. The molecule has 164 valence electrons. The van der Waals surface area contributed by atoms with Gasteiger partial charge in [-0.05, 0) is 38.5 Å². The molecule has 4 heteroatoms.